The maximum atomic E-state index is 8.69. The van der Waals surface area contributed by atoms with Crippen molar-refractivity contribution in [2.45, 2.75) is 32.7 Å². The van der Waals surface area contributed by atoms with Gasteiger partial charge >= 0.3 is 0 Å². The van der Waals surface area contributed by atoms with Crippen molar-refractivity contribution in [3.8, 4) is 0 Å². The smallest absolute Gasteiger partial charge is 0.0584 e. The first-order valence-electron chi connectivity index (χ1n) is 3.69. The Morgan fingerprint density at radius 2 is 2.11 bits per heavy atom. The minimum atomic E-state index is 0.260. The van der Waals surface area contributed by atoms with Gasteiger partial charge in [-0.1, -0.05) is 13.8 Å². The molecule has 2 nitrogen and oxygen atoms in total. The van der Waals surface area contributed by atoms with Crippen LogP contribution in [-0.2, 0) is 0 Å². The van der Waals surface area contributed by atoms with Gasteiger partial charge in [-0.2, -0.15) is 0 Å². The largest absolute Gasteiger partial charge is 0.395 e. The molecular formula is C7H17NO. The van der Waals surface area contributed by atoms with Gasteiger partial charge in [-0.25, -0.2) is 0 Å². The van der Waals surface area contributed by atoms with E-state index in [1.807, 2.05) is 0 Å². The van der Waals surface area contributed by atoms with Gasteiger partial charge in [-0.3, -0.25) is 0 Å². The Hall–Kier alpha value is -0.0800. The first-order chi connectivity index (χ1) is 4.35. The van der Waals surface area contributed by atoms with E-state index < -0.39 is 0 Å². The molecule has 0 heterocycles. The number of aliphatic hydroxyl groups excluding tert-OH is 1. The van der Waals surface area contributed by atoms with Gasteiger partial charge in [0.25, 0.3) is 0 Å². The quantitative estimate of drug-likeness (QED) is 0.577. The van der Waals surface area contributed by atoms with E-state index in [4.69, 9.17) is 5.11 Å². The second-order valence-electron chi connectivity index (χ2n) is 2.24. The molecule has 0 aliphatic heterocycles. The Morgan fingerprint density at radius 3 is 2.44 bits per heavy atom. The molecule has 0 amide bonds. The predicted octanol–water partition coefficient (Wildman–Crippen LogP) is 0.757. The van der Waals surface area contributed by atoms with E-state index in [0.717, 1.165) is 19.4 Å². The number of nitrogens with one attached hydrogen (secondary N) is 1. The molecule has 9 heavy (non-hydrogen) atoms. The maximum absolute atomic E-state index is 8.69. The van der Waals surface area contributed by atoms with Crippen LogP contribution in [0.25, 0.3) is 0 Å². The summed E-state index contributed by atoms with van der Waals surface area (Å²) in [6.07, 6.45) is 2.15. The molecule has 2 heteroatoms. The molecule has 0 bridgehead atoms. The van der Waals surface area contributed by atoms with Crippen LogP contribution in [0, 0.1) is 0 Å². The third kappa shape index (κ3) is 4.43. The van der Waals surface area contributed by atoms with E-state index in [-0.39, 0.29) is 6.61 Å². The third-order valence-corrected chi connectivity index (χ3v) is 1.40. The van der Waals surface area contributed by atoms with Gasteiger partial charge in [-0.15, -0.1) is 0 Å². The van der Waals surface area contributed by atoms with E-state index in [1.165, 1.54) is 0 Å². The van der Waals surface area contributed by atoms with Gasteiger partial charge in [-0.05, 0) is 19.4 Å². The van der Waals surface area contributed by atoms with Crippen LogP contribution in [0.2, 0.25) is 0 Å². The first-order valence-corrected chi connectivity index (χ1v) is 3.69. The zero-order valence-corrected chi connectivity index (χ0v) is 6.35. The highest BCUT2D eigenvalue weighted by molar-refractivity contribution is 4.60. The highest BCUT2D eigenvalue weighted by Gasteiger charge is 1.99. The standard InChI is InChI=1S/C7H17NO/c1-3-5-8-7(4-2)6-9/h7-9H,3-6H2,1-2H3/t7-/m0/s1. The Kier molecular flexibility index (Phi) is 5.99. The van der Waals surface area contributed by atoms with Gasteiger partial charge in [0.05, 0.1) is 6.61 Å². The molecule has 1 atom stereocenters. The molecule has 0 unspecified atom stereocenters. The van der Waals surface area contributed by atoms with Gasteiger partial charge in [0.2, 0.25) is 0 Å². The molecule has 0 aliphatic carbocycles. The molecule has 0 aromatic heterocycles. The Balaban J connectivity index is 3.09. The van der Waals surface area contributed by atoms with Gasteiger partial charge in [0.1, 0.15) is 0 Å². The van der Waals surface area contributed by atoms with Crippen LogP contribution in [0.15, 0.2) is 0 Å². The van der Waals surface area contributed by atoms with Crippen molar-refractivity contribution < 1.29 is 5.11 Å². The zero-order valence-electron chi connectivity index (χ0n) is 6.35. The Bertz CT molecular complexity index is 52.9. The minimum absolute atomic E-state index is 0.260. The fourth-order valence-corrected chi connectivity index (χ4v) is 0.686. The second-order valence-corrected chi connectivity index (χ2v) is 2.24. The zero-order chi connectivity index (χ0) is 7.11. The van der Waals surface area contributed by atoms with Crippen LogP contribution in [0.4, 0.5) is 0 Å². The SMILES string of the molecule is CCCN[C@@H](CC)CO. The van der Waals surface area contributed by atoms with E-state index in [9.17, 15) is 0 Å². The number of aliphatic hydroxyl groups is 1. The predicted molar refractivity (Wildman–Crippen MR) is 39.5 cm³/mol. The molecule has 0 fully saturated rings. The van der Waals surface area contributed by atoms with Gasteiger partial charge in [0.15, 0.2) is 0 Å². The van der Waals surface area contributed by atoms with Crippen molar-refractivity contribution in [1.29, 1.82) is 0 Å². The molecule has 0 aromatic carbocycles. The van der Waals surface area contributed by atoms with Crippen molar-refractivity contribution in [3.05, 3.63) is 0 Å². The van der Waals surface area contributed by atoms with Crippen LogP contribution in [0.5, 0.6) is 0 Å². The summed E-state index contributed by atoms with van der Waals surface area (Å²) in [6.45, 7) is 5.47. The molecule has 0 saturated heterocycles. The first kappa shape index (κ1) is 8.92. The summed E-state index contributed by atoms with van der Waals surface area (Å²) in [7, 11) is 0. The lowest BCUT2D eigenvalue weighted by Gasteiger charge is -2.11. The number of hydrogen-bond donors (Lipinski definition) is 2. The molecule has 0 spiro atoms. The van der Waals surface area contributed by atoms with Gasteiger partial charge in [0, 0.05) is 6.04 Å². The van der Waals surface area contributed by atoms with Crippen LogP contribution in [-0.4, -0.2) is 24.3 Å². The summed E-state index contributed by atoms with van der Waals surface area (Å²) >= 11 is 0. The van der Waals surface area contributed by atoms with Gasteiger partial charge < -0.3 is 10.4 Å². The Morgan fingerprint density at radius 1 is 1.44 bits per heavy atom. The average molecular weight is 131 g/mol. The van der Waals surface area contributed by atoms with E-state index in [0.29, 0.717) is 6.04 Å². The summed E-state index contributed by atoms with van der Waals surface area (Å²) in [6, 6.07) is 0.310. The fourth-order valence-electron chi connectivity index (χ4n) is 0.686. The highest BCUT2D eigenvalue weighted by Crippen LogP contribution is 1.87. The number of hydrogen-bond acceptors (Lipinski definition) is 2. The van der Waals surface area contributed by atoms with Crippen molar-refractivity contribution in [3.63, 3.8) is 0 Å². The molecule has 0 rings (SSSR count). The van der Waals surface area contributed by atoms with Crippen LogP contribution in [0.3, 0.4) is 0 Å². The van der Waals surface area contributed by atoms with Crippen molar-refractivity contribution in [2.24, 2.45) is 0 Å². The fraction of sp³-hybridized carbons (Fsp3) is 1.00. The summed E-state index contributed by atoms with van der Waals surface area (Å²) in [4.78, 5) is 0. The summed E-state index contributed by atoms with van der Waals surface area (Å²) in [5.41, 5.74) is 0. The van der Waals surface area contributed by atoms with Crippen molar-refractivity contribution in [2.75, 3.05) is 13.2 Å². The molecule has 56 valence electrons. The topological polar surface area (TPSA) is 32.3 Å². The van der Waals surface area contributed by atoms with Crippen LogP contribution >= 0.6 is 0 Å². The average Bonchev–Trinajstić information content (AvgIpc) is 1.91. The lowest BCUT2D eigenvalue weighted by molar-refractivity contribution is 0.239. The molecule has 0 saturated carbocycles. The third-order valence-electron chi connectivity index (χ3n) is 1.40. The molecule has 0 radical (unpaired) electrons. The highest BCUT2D eigenvalue weighted by atomic mass is 16.3. The normalized spacial score (nSPS) is 13.7. The molecule has 2 N–H and O–H groups in total. The maximum Gasteiger partial charge on any atom is 0.0584 e. The van der Waals surface area contributed by atoms with E-state index >= 15 is 0 Å². The summed E-state index contributed by atoms with van der Waals surface area (Å²) in [5.74, 6) is 0. The van der Waals surface area contributed by atoms with E-state index in [1.54, 1.807) is 0 Å². The lowest BCUT2D eigenvalue weighted by atomic mass is 10.2. The monoisotopic (exact) mass is 131 g/mol. The lowest BCUT2D eigenvalue weighted by Crippen LogP contribution is -2.32. The minimum Gasteiger partial charge on any atom is -0.395 e. The van der Waals surface area contributed by atoms with Crippen molar-refractivity contribution in [1.82, 2.24) is 5.32 Å². The van der Waals surface area contributed by atoms with E-state index in [2.05, 4.69) is 19.2 Å². The van der Waals surface area contributed by atoms with Crippen LogP contribution < -0.4 is 5.32 Å². The molecule has 0 aliphatic rings. The summed E-state index contributed by atoms with van der Waals surface area (Å²) in [5, 5.41) is 11.9. The molecular weight excluding hydrogens is 114 g/mol. The molecule has 0 aromatic rings. The Labute approximate surface area is 57.3 Å². The van der Waals surface area contributed by atoms with Crippen molar-refractivity contribution >= 4 is 0 Å². The second kappa shape index (κ2) is 6.05. The van der Waals surface area contributed by atoms with Crippen LogP contribution in [0.1, 0.15) is 26.7 Å². The number of rotatable bonds is 5. The summed E-state index contributed by atoms with van der Waals surface area (Å²) < 4.78 is 0.